The van der Waals surface area contributed by atoms with Crippen molar-refractivity contribution in [1.29, 1.82) is 0 Å². The van der Waals surface area contributed by atoms with Gasteiger partial charge in [0.1, 0.15) is 16.1 Å². The number of pyridine rings is 1. The van der Waals surface area contributed by atoms with Gasteiger partial charge in [0.05, 0.1) is 13.7 Å². The van der Waals surface area contributed by atoms with Crippen LogP contribution in [0.1, 0.15) is 12.0 Å². The van der Waals surface area contributed by atoms with Gasteiger partial charge in [-0.3, -0.25) is 0 Å². The van der Waals surface area contributed by atoms with Crippen molar-refractivity contribution in [1.82, 2.24) is 4.98 Å². The first kappa shape index (κ1) is 19.1. The molecule has 0 saturated heterocycles. The maximum atomic E-state index is 6.12. The van der Waals surface area contributed by atoms with Gasteiger partial charge in [-0.1, -0.05) is 23.7 Å². The average Bonchev–Trinajstić information content (AvgIpc) is 2.59. The highest BCUT2D eigenvalue weighted by atomic mass is 127. The number of aromatic nitrogens is 1. The zero-order chi connectivity index (χ0) is 17.4. The minimum Gasteiger partial charge on any atom is -0.497 e. The van der Waals surface area contributed by atoms with Crippen molar-refractivity contribution in [3.8, 4) is 17.2 Å². The number of methoxy groups -OCH3 is 2. The largest absolute Gasteiger partial charge is 0.497 e. The lowest BCUT2D eigenvalue weighted by Gasteiger charge is -2.12. The summed E-state index contributed by atoms with van der Waals surface area (Å²) in [4.78, 5) is 4.26. The molecule has 1 heterocycles. The Morgan fingerprint density at radius 1 is 1.04 bits per heavy atom. The molecule has 0 N–H and O–H groups in total. The topological polar surface area (TPSA) is 49.8 Å². The van der Waals surface area contributed by atoms with E-state index in [9.17, 15) is 0 Å². The molecule has 0 saturated carbocycles. The maximum absolute atomic E-state index is 6.12. The van der Waals surface area contributed by atoms with Gasteiger partial charge in [0, 0.05) is 26.2 Å². The molecule has 0 fully saturated rings. The first-order chi connectivity index (χ1) is 11.6. The van der Waals surface area contributed by atoms with Crippen molar-refractivity contribution in [2.45, 2.75) is 13.0 Å². The van der Waals surface area contributed by atoms with Gasteiger partial charge < -0.3 is 18.9 Å². The van der Waals surface area contributed by atoms with Gasteiger partial charge in [0.15, 0.2) is 16.7 Å². The predicted molar refractivity (Wildman–Crippen MR) is 101 cm³/mol. The van der Waals surface area contributed by atoms with Crippen molar-refractivity contribution in [2.24, 2.45) is 0 Å². The minimum absolute atomic E-state index is 0.327. The summed E-state index contributed by atoms with van der Waals surface area (Å²) in [6.45, 7) is 1.57. The molecule has 2 rings (SSSR count). The lowest BCUT2D eigenvalue weighted by molar-refractivity contribution is 0.172. The van der Waals surface area contributed by atoms with Gasteiger partial charge in [-0.15, -0.1) is 0 Å². The van der Waals surface area contributed by atoms with Crippen LogP contribution >= 0.6 is 34.2 Å². The lowest BCUT2D eigenvalue weighted by atomic mass is 10.2. The Bertz CT molecular complexity index is 652. The second-order valence-corrected chi connectivity index (χ2v) is 6.28. The van der Waals surface area contributed by atoms with Gasteiger partial charge in [-0.2, -0.15) is 0 Å². The van der Waals surface area contributed by atoms with Crippen LogP contribution in [0.2, 0.25) is 5.15 Å². The van der Waals surface area contributed by atoms with Gasteiger partial charge >= 0.3 is 0 Å². The highest BCUT2D eigenvalue weighted by Crippen LogP contribution is 2.31. The molecule has 0 radical (unpaired) electrons. The van der Waals surface area contributed by atoms with Gasteiger partial charge in [0.25, 0.3) is 0 Å². The molecule has 7 heteroatoms. The van der Waals surface area contributed by atoms with Crippen molar-refractivity contribution in [3.05, 3.63) is 44.7 Å². The number of nitrogens with zero attached hydrogens (tertiary/aromatic N) is 1. The Balaban J connectivity index is 2.00. The number of hydrogen-bond donors (Lipinski definition) is 0. The van der Waals surface area contributed by atoms with Gasteiger partial charge in [-0.05, 0) is 40.3 Å². The molecule has 1 aromatic heterocycles. The Kier molecular flexibility index (Phi) is 7.87. The molecule has 5 nitrogen and oxygen atoms in total. The van der Waals surface area contributed by atoms with Crippen LogP contribution in [0.4, 0.5) is 0 Å². The third-order valence-electron chi connectivity index (χ3n) is 3.17. The fourth-order valence-electron chi connectivity index (χ4n) is 1.91. The van der Waals surface area contributed by atoms with E-state index in [1.54, 1.807) is 20.3 Å². The molecule has 0 aliphatic heterocycles. The van der Waals surface area contributed by atoms with E-state index in [4.69, 9.17) is 30.5 Å². The van der Waals surface area contributed by atoms with Crippen LogP contribution in [-0.2, 0) is 11.3 Å². The van der Waals surface area contributed by atoms with E-state index in [-0.39, 0.29) is 0 Å². The molecule has 130 valence electrons. The molecule has 1 aromatic carbocycles. The summed E-state index contributed by atoms with van der Waals surface area (Å²) in [5.41, 5.74) is 1.03. The van der Waals surface area contributed by atoms with Crippen LogP contribution in [0.25, 0.3) is 0 Å². The fraction of sp³-hybridized carbons (Fsp3) is 0.353. The Morgan fingerprint density at radius 2 is 1.79 bits per heavy atom. The summed E-state index contributed by atoms with van der Waals surface area (Å²) in [5.74, 6) is 1.96. The molecular formula is C17H19ClINO4. The van der Waals surface area contributed by atoms with Crippen molar-refractivity contribution < 1.29 is 18.9 Å². The number of hydrogen-bond acceptors (Lipinski definition) is 5. The van der Waals surface area contributed by atoms with Crippen LogP contribution in [0, 0.1) is 3.70 Å². The number of halogens is 2. The van der Waals surface area contributed by atoms with E-state index in [0.717, 1.165) is 17.7 Å². The van der Waals surface area contributed by atoms with E-state index >= 15 is 0 Å². The highest BCUT2D eigenvalue weighted by molar-refractivity contribution is 14.1. The van der Waals surface area contributed by atoms with Crippen LogP contribution in [0.5, 0.6) is 17.2 Å². The third-order valence-corrected chi connectivity index (χ3v) is 4.21. The van der Waals surface area contributed by atoms with E-state index in [0.29, 0.717) is 40.2 Å². The monoisotopic (exact) mass is 463 g/mol. The van der Waals surface area contributed by atoms with E-state index in [1.807, 2.05) is 24.3 Å². The van der Waals surface area contributed by atoms with Crippen LogP contribution < -0.4 is 14.2 Å². The molecule has 0 amide bonds. The van der Waals surface area contributed by atoms with Gasteiger partial charge in [0.2, 0.25) is 0 Å². The van der Waals surface area contributed by atoms with Crippen molar-refractivity contribution >= 4 is 34.2 Å². The summed E-state index contributed by atoms with van der Waals surface area (Å²) in [6, 6.07) is 9.48. The molecule has 0 spiro atoms. The standard InChI is InChI=1S/C17H19ClINO4/c1-21-8-3-9-23-14-10-15(17(19)20-16(14)18)24-11-12-4-6-13(22-2)7-5-12/h4-7,10H,3,8-9,11H2,1-2H3. The zero-order valence-corrected chi connectivity index (χ0v) is 16.5. The Hall–Kier alpha value is -1.25. The third kappa shape index (κ3) is 5.68. The smallest absolute Gasteiger partial charge is 0.172 e. The quantitative estimate of drug-likeness (QED) is 0.314. The predicted octanol–water partition coefficient (Wildman–Crippen LogP) is 4.34. The molecule has 24 heavy (non-hydrogen) atoms. The Labute approximate surface area is 160 Å². The average molecular weight is 464 g/mol. The zero-order valence-electron chi connectivity index (χ0n) is 13.6. The summed E-state index contributed by atoms with van der Waals surface area (Å²) in [6.07, 6.45) is 0.779. The van der Waals surface area contributed by atoms with Crippen molar-refractivity contribution in [2.75, 3.05) is 27.4 Å². The van der Waals surface area contributed by atoms with Crippen LogP contribution in [-0.4, -0.2) is 32.4 Å². The van der Waals surface area contributed by atoms with Crippen LogP contribution in [0.3, 0.4) is 0 Å². The minimum atomic E-state index is 0.327. The summed E-state index contributed by atoms with van der Waals surface area (Å²) >= 11 is 8.21. The summed E-state index contributed by atoms with van der Waals surface area (Å²) in [5, 5.41) is 0.327. The first-order valence-electron chi connectivity index (χ1n) is 7.37. The number of ether oxygens (including phenoxy) is 4. The summed E-state index contributed by atoms with van der Waals surface area (Å²) in [7, 11) is 3.30. The number of benzene rings is 1. The molecule has 0 aliphatic carbocycles. The lowest BCUT2D eigenvalue weighted by Crippen LogP contribution is -2.04. The van der Waals surface area contributed by atoms with E-state index in [2.05, 4.69) is 27.6 Å². The van der Waals surface area contributed by atoms with Gasteiger partial charge in [-0.25, -0.2) is 4.98 Å². The molecule has 0 bridgehead atoms. The second-order valence-electron chi connectivity index (χ2n) is 4.90. The molecular weight excluding hydrogens is 445 g/mol. The Morgan fingerprint density at radius 3 is 2.46 bits per heavy atom. The SMILES string of the molecule is COCCCOc1cc(OCc2ccc(OC)cc2)c(I)nc1Cl. The summed E-state index contributed by atoms with van der Waals surface area (Å²) < 4.78 is 22.3. The maximum Gasteiger partial charge on any atom is 0.172 e. The van der Waals surface area contributed by atoms with E-state index in [1.165, 1.54) is 0 Å². The highest BCUT2D eigenvalue weighted by Gasteiger charge is 2.11. The van der Waals surface area contributed by atoms with Crippen molar-refractivity contribution in [3.63, 3.8) is 0 Å². The molecule has 2 aromatic rings. The second kappa shape index (κ2) is 9.90. The first-order valence-corrected chi connectivity index (χ1v) is 8.83. The fourth-order valence-corrected chi connectivity index (χ4v) is 2.79. The molecule has 0 unspecified atom stereocenters. The number of rotatable bonds is 9. The van der Waals surface area contributed by atoms with Crippen LogP contribution in [0.15, 0.2) is 30.3 Å². The molecule has 0 aliphatic rings. The molecule has 0 atom stereocenters. The normalized spacial score (nSPS) is 10.5. The van der Waals surface area contributed by atoms with E-state index < -0.39 is 0 Å².